The molecular weight excluding hydrogens is 701 g/mol. The van der Waals surface area contributed by atoms with Crippen LogP contribution in [-0.2, 0) is 0 Å². The molecule has 0 aliphatic rings. The largest absolute Gasteiger partial charge is 0.456 e. The van der Waals surface area contributed by atoms with Gasteiger partial charge in [0.1, 0.15) is 22.3 Å². The first-order valence-corrected chi connectivity index (χ1v) is 17.6. The molecule has 0 N–H and O–H groups in total. The summed E-state index contributed by atoms with van der Waals surface area (Å²) in [5.74, 6) is 0.643. The van der Waals surface area contributed by atoms with Crippen LogP contribution in [0.2, 0.25) is 0 Å². The monoisotopic (exact) mass is 748 g/mol. The van der Waals surface area contributed by atoms with Crippen LogP contribution >= 0.6 is 0 Å². The van der Waals surface area contributed by atoms with Gasteiger partial charge in [-0.25, -0.2) is 15.0 Å². The van der Waals surface area contributed by atoms with E-state index in [1.54, 1.807) is 18.2 Å². The minimum Gasteiger partial charge on any atom is -0.456 e. The summed E-state index contributed by atoms with van der Waals surface area (Å²) in [6.07, 6.45) is 0. The quantitative estimate of drug-likeness (QED) is 0.162. The van der Waals surface area contributed by atoms with Gasteiger partial charge in [-0.3, -0.25) is 0 Å². The highest BCUT2D eigenvalue weighted by Crippen LogP contribution is 2.45. The van der Waals surface area contributed by atoms with Gasteiger partial charge < -0.3 is 13.7 Å². The van der Waals surface area contributed by atoms with Crippen molar-refractivity contribution < 1.29 is 30.8 Å². The van der Waals surface area contributed by atoms with Crippen molar-refractivity contribution in [3.8, 4) is 45.3 Å². The maximum atomic E-state index is 9.92. The van der Waals surface area contributed by atoms with Crippen LogP contribution in [0.1, 0.15) is 21.9 Å². The molecule has 0 aliphatic carbocycles. The van der Waals surface area contributed by atoms with Crippen LogP contribution in [0.4, 0.5) is 17.1 Å². The van der Waals surface area contributed by atoms with Gasteiger partial charge in [-0.15, -0.1) is 0 Å². The lowest BCUT2D eigenvalue weighted by atomic mass is 10.0. The van der Waals surface area contributed by atoms with E-state index >= 15 is 0 Å². The van der Waals surface area contributed by atoms with Gasteiger partial charge in [0.2, 0.25) is 0 Å². The Morgan fingerprint density at radius 3 is 1.75 bits per heavy atom. The van der Waals surface area contributed by atoms with E-state index in [2.05, 4.69) is 0 Å². The minimum absolute atomic E-state index is 0.0906. The van der Waals surface area contributed by atoms with Gasteiger partial charge in [-0.2, -0.15) is 0 Å². The van der Waals surface area contributed by atoms with Crippen LogP contribution in [-0.4, -0.2) is 15.0 Å². The highest BCUT2D eigenvalue weighted by molar-refractivity contribution is 6.13. The number of para-hydroxylation sites is 2. The molecule has 57 heavy (non-hydrogen) atoms. The summed E-state index contributed by atoms with van der Waals surface area (Å²) < 4.78 is 156. The first kappa shape index (κ1) is 20.2. The van der Waals surface area contributed by atoms with Crippen molar-refractivity contribution in [2.75, 3.05) is 4.90 Å². The number of anilines is 3. The molecule has 0 bridgehead atoms. The van der Waals surface area contributed by atoms with E-state index < -0.39 is 130 Å². The van der Waals surface area contributed by atoms with Crippen LogP contribution in [0.25, 0.3) is 89.2 Å². The molecule has 268 valence electrons. The van der Waals surface area contributed by atoms with Crippen LogP contribution < -0.4 is 4.90 Å². The first-order valence-electron chi connectivity index (χ1n) is 25.6. The molecule has 8 aromatic carbocycles. The van der Waals surface area contributed by atoms with Gasteiger partial charge in [0.05, 0.1) is 27.6 Å². The fourth-order valence-corrected chi connectivity index (χ4v) is 6.77. The third-order valence-electron chi connectivity index (χ3n) is 9.34. The van der Waals surface area contributed by atoms with E-state index in [4.69, 9.17) is 36.1 Å². The Labute approximate surface area is 350 Å². The topological polar surface area (TPSA) is 68.2 Å². The first-order chi connectivity index (χ1) is 34.9. The molecule has 11 aromatic rings. The number of fused-ring (bicyclic) bond motifs is 6. The number of benzene rings is 8. The Balaban J connectivity index is 1.30. The zero-order valence-corrected chi connectivity index (χ0v) is 29.3. The van der Waals surface area contributed by atoms with Crippen LogP contribution in [0.15, 0.2) is 203 Å². The predicted molar refractivity (Wildman–Crippen MR) is 231 cm³/mol. The molecule has 0 atom stereocenters. The predicted octanol–water partition coefficient (Wildman–Crippen LogP) is 13.8. The molecule has 0 fully saturated rings. The maximum Gasteiger partial charge on any atom is 0.164 e. The Kier molecular flexibility index (Phi) is 4.77. The van der Waals surface area contributed by atoms with Gasteiger partial charge in [0.25, 0.3) is 0 Å². The highest BCUT2D eigenvalue weighted by Gasteiger charge is 2.23. The third kappa shape index (κ3) is 5.79. The molecule has 0 unspecified atom stereocenters. The van der Waals surface area contributed by atoms with Gasteiger partial charge in [0, 0.05) is 55.7 Å². The molecule has 0 saturated carbocycles. The van der Waals surface area contributed by atoms with Crippen molar-refractivity contribution in [2.45, 2.75) is 0 Å². The SMILES string of the molecule is [2H]c1c([2H])c([2H])c(-c2c([2H])c([2H])c(N(c3cc(-c4nc(-c5ccccc5)nc(-c5ccccc5)n4)c4c(c3)oc3ccccc34)c3c([2H])c([2H])c4oc5c([2H])c([2H])c([2H])c([2H])c5c4c3[2H])c([2H])c2[2H])c([2H])c1[2H]. The van der Waals surface area contributed by atoms with Crippen molar-refractivity contribution in [2.24, 2.45) is 0 Å². The average Bonchev–Trinajstić information content (AvgIpc) is 4.00. The lowest BCUT2D eigenvalue weighted by Gasteiger charge is -2.26. The second-order valence-electron chi connectivity index (χ2n) is 12.8. The summed E-state index contributed by atoms with van der Waals surface area (Å²) in [6.45, 7) is 0. The molecular formula is C51H32N4O2. The van der Waals surface area contributed by atoms with E-state index in [9.17, 15) is 9.60 Å². The molecule has 3 aromatic heterocycles. The average molecular weight is 749 g/mol. The molecule has 11 rings (SSSR count). The second kappa shape index (κ2) is 13.5. The number of furan rings is 2. The highest BCUT2D eigenvalue weighted by atomic mass is 16.3. The van der Waals surface area contributed by atoms with Gasteiger partial charge in [-0.05, 0) is 59.5 Å². The van der Waals surface area contributed by atoms with Crippen molar-refractivity contribution in [1.29, 1.82) is 0 Å². The fourth-order valence-electron chi connectivity index (χ4n) is 6.77. The maximum absolute atomic E-state index is 9.92. The lowest BCUT2D eigenvalue weighted by Crippen LogP contribution is -2.10. The smallest absolute Gasteiger partial charge is 0.164 e. The molecule has 0 aliphatic heterocycles. The van der Waals surface area contributed by atoms with E-state index in [1.807, 2.05) is 66.7 Å². The van der Waals surface area contributed by atoms with Gasteiger partial charge >= 0.3 is 0 Å². The Morgan fingerprint density at radius 1 is 0.404 bits per heavy atom. The summed E-state index contributed by atoms with van der Waals surface area (Å²) in [5, 5.41) is 0.469. The fraction of sp³-hybridized carbons (Fsp3) is 0. The molecule has 6 heteroatoms. The normalized spacial score (nSPS) is 15.4. The number of hydrogen-bond donors (Lipinski definition) is 0. The van der Waals surface area contributed by atoms with Crippen molar-refractivity contribution >= 4 is 60.9 Å². The molecule has 0 spiro atoms. The summed E-state index contributed by atoms with van der Waals surface area (Å²) in [4.78, 5) is 15.9. The molecule has 0 radical (unpaired) electrons. The van der Waals surface area contributed by atoms with Crippen LogP contribution in [0.3, 0.4) is 0 Å². The number of nitrogens with zero attached hydrogens (tertiary/aromatic N) is 4. The van der Waals surface area contributed by atoms with E-state index in [0.29, 0.717) is 27.5 Å². The summed E-state index contributed by atoms with van der Waals surface area (Å²) in [5.41, 5.74) is -1.28. The number of hydrogen-bond acceptors (Lipinski definition) is 6. The minimum atomic E-state index is -0.866. The zero-order chi connectivity index (χ0) is 51.6. The number of rotatable bonds is 7. The van der Waals surface area contributed by atoms with Crippen LogP contribution in [0.5, 0.6) is 0 Å². The molecule has 6 nitrogen and oxygen atoms in total. The van der Waals surface area contributed by atoms with Crippen molar-refractivity contribution in [3.05, 3.63) is 194 Å². The summed E-state index contributed by atoms with van der Waals surface area (Å²) in [7, 11) is 0. The van der Waals surface area contributed by atoms with Crippen molar-refractivity contribution in [1.82, 2.24) is 15.0 Å². The zero-order valence-electron chi connectivity index (χ0n) is 45.3. The molecule has 0 saturated heterocycles. The molecule has 0 amide bonds. The van der Waals surface area contributed by atoms with Crippen molar-refractivity contribution in [3.63, 3.8) is 0 Å². The standard InChI is InChI=1S/C51H32N4O2/c1-4-14-33(15-5-1)34-24-26-37(27-25-34)55(38-28-29-46-42(30-38)40-20-10-12-22-44(40)56-46)39-31-43(48-41-21-11-13-23-45(41)57-47(48)32-39)51-53-49(35-16-6-2-7-17-35)52-50(54-51)36-18-8-3-9-19-36/h1-32H/i1D,4D,5D,10D,12D,14D,15D,20D,22D,24D,25D,26D,27D,28D,29D,30D. The van der Waals surface area contributed by atoms with Crippen LogP contribution in [0, 0.1) is 0 Å². The molecule has 3 heterocycles. The lowest BCUT2D eigenvalue weighted by molar-refractivity contribution is 0.668. The van der Waals surface area contributed by atoms with E-state index in [-0.39, 0.29) is 45.1 Å². The number of aromatic nitrogens is 3. The summed E-state index contributed by atoms with van der Waals surface area (Å²) in [6, 6.07) is 16.3. The second-order valence-corrected chi connectivity index (χ2v) is 12.8. The van der Waals surface area contributed by atoms with Gasteiger partial charge in [-0.1, -0.05) is 139 Å². The Hall–Kier alpha value is -7.83. The third-order valence-corrected chi connectivity index (χ3v) is 9.34. The summed E-state index contributed by atoms with van der Waals surface area (Å²) >= 11 is 0. The van der Waals surface area contributed by atoms with E-state index in [1.165, 1.54) is 12.1 Å². The Morgan fingerprint density at radius 2 is 1.00 bits per heavy atom. The Bertz CT molecular complexity index is 4070. The van der Waals surface area contributed by atoms with E-state index in [0.717, 1.165) is 4.90 Å². The van der Waals surface area contributed by atoms with Gasteiger partial charge in [0.15, 0.2) is 17.5 Å².